The average Bonchev–Trinajstić information content (AvgIpc) is 3.35. The minimum atomic E-state index is -0.226. The molecule has 5 rings (SSSR count). The lowest BCUT2D eigenvalue weighted by Crippen LogP contribution is -2.11. The molecule has 0 radical (unpaired) electrons. The van der Waals surface area contributed by atoms with Crippen LogP contribution in [-0.4, -0.2) is 20.9 Å². The first-order chi connectivity index (χ1) is 15.0. The maximum atomic E-state index is 13.0. The van der Waals surface area contributed by atoms with Gasteiger partial charge in [-0.1, -0.05) is 48.9 Å². The van der Waals surface area contributed by atoms with Crippen molar-refractivity contribution in [3.8, 4) is 5.69 Å². The van der Waals surface area contributed by atoms with Crippen LogP contribution in [0.3, 0.4) is 0 Å². The number of carbonyl (C=O) groups excluding carboxylic acids is 1. The van der Waals surface area contributed by atoms with E-state index in [9.17, 15) is 4.79 Å². The number of aryl methyl sites for hydroxylation is 2. The first-order valence-electron chi connectivity index (χ1n) is 9.99. The van der Waals surface area contributed by atoms with Gasteiger partial charge in [-0.2, -0.15) is 4.80 Å². The summed E-state index contributed by atoms with van der Waals surface area (Å²) in [6.07, 6.45) is 0.987. The third-order valence-corrected chi connectivity index (χ3v) is 6.97. The van der Waals surface area contributed by atoms with Crippen LogP contribution < -0.4 is 5.32 Å². The quantitative estimate of drug-likeness (QED) is 0.347. The number of benzene rings is 3. The molecule has 0 saturated heterocycles. The number of thiophene rings is 1. The molecule has 1 N–H and O–H groups in total. The Kier molecular flexibility index (Phi) is 4.96. The van der Waals surface area contributed by atoms with Gasteiger partial charge in [0.15, 0.2) is 0 Å². The highest BCUT2D eigenvalue weighted by Gasteiger charge is 2.18. The Bertz CT molecular complexity index is 1440. The van der Waals surface area contributed by atoms with Crippen molar-refractivity contribution >= 4 is 55.7 Å². The van der Waals surface area contributed by atoms with Gasteiger partial charge in [0.2, 0.25) is 0 Å². The first-order valence-corrected chi connectivity index (χ1v) is 11.2. The van der Waals surface area contributed by atoms with Gasteiger partial charge in [-0.25, -0.2) is 0 Å². The van der Waals surface area contributed by atoms with Crippen LogP contribution in [0, 0.1) is 6.92 Å². The SMILES string of the molecule is CCc1ccc(-n2nc3cc(C)c(NC(=O)c4sc5ccccc5c4Cl)cc3n2)cc1. The molecule has 0 bridgehead atoms. The predicted octanol–water partition coefficient (Wildman–Crippen LogP) is 6.41. The summed E-state index contributed by atoms with van der Waals surface area (Å²) >= 11 is 7.86. The summed E-state index contributed by atoms with van der Waals surface area (Å²) in [7, 11) is 0. The zero-order chi connectivity index (χ0) is 21.5. The Morgan fingerprint density at radius 3 is 2.48 bits per heavy atom. The van der Waals surface area contributed by atoms with E-state index < -0.39 is 0 Å². The van der Waals surface area contributed by atoms with Crippen LogP contribution in [0.2, 0.25) is 5.02 Å². The molecule has 0 unspecified atom stereocenters. The van der Waals surface area contributed by atoms with E-state index >= 15 is 0 Å². The molecule has 0 fully saturated rings. The highest BCUT2D eigenvalue weighted by molar-refractivity contribution is 7.21. The molecule has 1 amide bonds. The van der Waals surface area contributed by atoms with Crippen molar-refractivity contribution in [2.75, 3.05) is 5.32 Å². The van der Waals surface area contributed by atoms with Gasteiger partial charge in [0, 0.05) is 15.8 Å². The van der Waals surface area contributed by atoms with E-state index in [4.69, 9.17) is 11.6 Å². The number of hydrogen-bond acceptors (Lipinski definition) is 4. The van der Waals surface area contributed by atoms with E-state index in [1.54, 1.807) is 4.80 Å². The van der Waals surface area contributed by atoms with E-state index in [1.165, 1.54) is 16.9 Å². The second-order valence-electron chi connectivity index (χ2n) is 7.36. The maximum Gasteiger partial charge on any atom is 0.267 e. The molecule has 0 spiro atoms. The molecule has 7 heteroatoms. The van der Waals surface area contributed by atoms with E-state index in [2.05, 4.69) is 34.6 Å². The van der Waals surface area contributed by atoms with Crippen molar-refractivity contribution in [3.05, 3.63) is 81.7 Å². The summed E-state index contributed by atoms with van der Waals surface area (Å²) in [5.74, 6) is -0.226. The second kappa shape index (κ2) is 7.80. The number of nitrogens with one attached hydrogen (secondary N) is 1. The number of aromatic nitrogens is 3. The Balaban J connectivity index is 1.47. The van der Waals surface area contributed by atoms with Crippen LogP contribution in [0.5, 0.6) is 0 Å². The third kappa shape index (κ3) is 3.58. The van der Waals surface area contributed by atoms with Crippen LogP contribution in [0.4, 0.5) is 5.69 Å². The Labute approximate surface area is 188 Å². The molecule has 0 aliphatic carbocycles. The summed E-state index contributed by atoms with van der Waals surface area (Å²) in [5, 5.41) is 13.6. The topological polar surface area (TPSA) is 59.8 Å². The third-order valence-electron chi connectivity index (χ3n) is 5.29. The summed E-state index contributed by atoms with van der Waals surface area (Å²) in [4.78, 5) is 15.1. The highest BCUT2D eigenvalue weighted by atomic mass is 35.5. The molecule has 0 aliphatic rings. The molecule has 0 atom stereocenters. The number of fused-ring (bicyclic) bond motifs is 2. The lowest BCUT2D eigenvalue weighted by atomic mass is 10.1. The highest BCUT2D eigenvalue weighted by Crippen LogP contribution is 2.36. The molecular formula is C24H19ClN4OS. The Morgan fingerprint density at radius 1 is 1.06 bits per heavy atom. The predicted molar refractivity (Wildman–Crippen MR) is 128 cm³/mol. The van der Waals surface area contributed by atoms with Crippen LogP contribution >= 0.6 is 22.9 Å². The van der Waals surface area contributed by atoms with Crippen LogP contribution in [0.25, 0.3) is 26.8 Å². The molecule has 154 valence electrons. The van der Waals surface area contributed by atoms with Gasteiger partial charge < -0.3 is 5.32 Å². The average molecular weight is 447 g/mol. The second-order valence-corrected chi connectivity index (χ2v) is 8.79. The van der Waals surface area contributed by atoms with E-state index in [0.29, 0.717) is 21.1 Å². The van der Waals surface area contributed by atoms with E-state index in [1.807, 2.05) is 55.5 Å². The van der Waals surface area contributed by atoms with Gasteiger partial charge in [0.25, 0.3) is 5.91 Å². The minimum absolute atomic E-state index is 0.226. The van der Waals surface area contributed by atoms with Gasteiger partial charge in [0.1, 0.15) is 15.9 Å². The Morgan fingerprint density at radius 2 is 1.77 bits per heavy atom. The standard InChI is InChI=1S/C24H19ClN4OS/c1-3-15-8-10-16(11-9-15)29-27-19-12-14(2)18(13-20(19)28-29)26-24(30)23-22(25)17-6-4-5-7-21(17)31-23/h4-13H,3H2,1-2H3,(H,26,30). The molecule has 0 saturated carbocycles. The smallest absolute Gasteiger partial charge is 0.267 e. The lowest BCUT2D eigenvalue weighted by Gasteiger charge is -2.07. The molecule has 5 nitrogen and oxygen atoms in total. The number of carbonyl (C=O) groups is 1. The van der Waals surface area contributed by atoms with Crippen molar-refractivity contribution in [2.24, 2.45) is 0 Å². The molecule has 3 aromatic carbocycles. The maximum absolute atomic E-state index is 13.0. The van der Waals surface area contributed by atoms with Crippen LogP contribution in [-0.2, 0) is 6.42 Å². The van der Waals surface area contributed by atoms with E-state index in [-0.39, 0.29) is 5.91 Å². The number of hydrogen-bond donors (Lipinski definition) is 1. The van der Waals surface area contributed by atoms with Crippen molar-refractivity contribution in [1.82, 2.24) is 15.0 Å². The van der Waals surface area contributed by atoms with Crippen molar-refractivity contribution < 1.29 is 4.79 Å². The van der Waals surface area contributed by atoms with Crippen molar-refractivity contribution in [2.45, 2.75) is 20.3 Å². The monoisotopic (exact) mass is 446 g/mol. The fourth-order valence-electron chi connectivity index (χ4n) is 3.52. The van der Waals surface area contributed by atoms with Gasteiger partial charge >= 0.3 is 0 Å². The number of amides is 1. The lowest BCUT2D eigenvalue weighted by molar-refractivity contribution is 0.103. The first kappa shape index (κ1) is 19.7. The fraction of sp³-hybridized carbons (Fsp3) is 0.125. The summed E-state index contributed by atoms with van der Waals surface area (Å²) in [6, 6.07) is 19.7. The molecular weight excluding hydrogens is 428 g/mol. The fourth-order valence-corrected chi connectivity index (χ4v) is 4.93. The number of anilines is 1. The number of rotatable bonds is 4. The molecule has 2 heterocycles. The molecule has 5 aromatic rings. The zero-order valence-corrected chi connectivity index (χ0v) is 18.6. The van der Waals surface area contributed by atoms with Crippen LogP contribution in [0.1, 0.15) is 27.7 Å². The van der Waals surface area contributed by atoms with Gasteiger partial charge in [-0.05, 0) is 54.8 Å². The Hall–Kier alpha value is -3.22. The molecule has 2 aromatic heterocycles. The summed E-state index contributed by atoms with van der Waals surface area (Å²) in [5.41, 5.74) is 5.25. The zero-order valence-electron chi connectivity index (χ0n) is 17.0. The molecule has 0 aliphatic heterocycles. The van der Waals surface area contributed by atoms with Gasteiger partial charge in [-0.3, -0.25) is 4.79 Å². The van der Waals surface area contributed by atoms with Crippen molar-refractivity contribution in [1.29, 1.82) is 0 Å². The van der Waals surface area contributed by atoms with Gasteiger partial charge in [-0.15, -0.1) is 21.5 Å². The number of halogens is 1. The normalized spacial score (nSPS) is 11.3. The number of nitrogens with zero attached hydrogens (tertiary/aromatic N) is 3. The van der Waals surface area contributed by atoms with E-state index in [0.717, 1.165) is 33.3 Å². The molecule has 31 heavy (non-hydrogen) atoms. The minimum Gasteiger partial charge on any atom is -0.321 e. The van der Waals surface area contributed by atoms with Crippen molar-refractivity contribution in [3.63, 3.8) is 0 Å². The summed E-state index contributed by atoms with van der Waals surface area (Å²) in [6.45, 7) is 4.07. The largest absolute Gasteiger partial charge is 0.321 e. The van der Waals surface area contributed by atoms with Gasteiger partial charge in [0.05, 0.1) is 10.7 Å². The van der Waals surface area contributed by atoms with Crippen LogP contribution in [0.15, 0.2) is 60.7 Å². The summed E-state index contributed by atoms with van der Waals surface area (Å²) < 4.78 is 0.988.